The highest BCUT2D eigenvalue weighted by atomic mass is 35.5. The maximum absolute atomic E-state index is 5.44. The quantitative estimate of drug-likeness (QED) is 0.607. The van der Waals surface area contributed by atoms with Gasteiger partial charge in [0.15, 0.2) is 0 Å². The van der Waals surface area contributed by atoms with Gasteiger partial charge in [-0.2, -0.15) is 0 Å². The van der Waals surface area contributed by atoms with Gasteiger partial charge < -0.3 is 4.74 Å². The number of hydrogen-bond donors (Lipinski definition) is 0. The molecule has 0 amide bonds. The van der Waals surface area contributed by atoms with Gasteiger partial charge in [0.1, 0.15) is 0 Å². The second-order valence-corrected chi connectivity index (χ2v) is 3.57. The summed E-state index contributed by atoms with van der Waals surface area (Å²) in [6.45, 7) is 8.63. The van der Waals surface area contributed by atoms with Crippen LogP contribution in [-0.2, 0) is 4.74 Å². The molecule has 0 N–H and O–H groups in total. The SMILES string of the molecule is C/C(=C/Cl)COC(C)(C)C. The van der Waals surface area contributed by atoms with E-state index in [1.165, 1.54) is 0 Å². The van der Waals surface area contributed by atoms with E-state index in [1.807, 2.05) is 27.7 Å². The predicted octanol–water partition coefficient (Wildman–Crippen LogP) is 2.94. The lowest BCUT2D eigenvalue weighted by molar-refractivity contribution is 0.0112. The highest BCUT2D eigenvalue weighted by Crippen LogP contribution is 2.08. The van der Waals surface area contributed by atoms with E-state index >= 15 is 0 Å². The average Bonchev–Trinajstić information content (AvgIpc) is 1.81. The first-order valence-corrected chi connectivity index (χ1v) is 3.79. The van der Waals surface area contributed by atoms with Crippen molar-refractivity contribution in [1.82, 2.24) is 0 Å². The van der Waals surface area contributed by atoms with Crippen LogP contribution < -0.4 is 0 Å². The summed E-state index contributed by atoms with van der Waals surface area (Å²) in [6.07, 6.45) is 0. The molecule has 0 aliphatic carbocycles. The number of halogens is 1. The lowest BCUT2D eigenvalue weighted by atomic mass is 10.2. The summed E-state index contributed by atoms with van der Waals surface area (Å²) in [5.41, 5.74) is 2.53. The Labute approximate surface area is 68.0 Å². The van der Waals surface area contributed by atoms with Gasteiger partial charge in [-0.3, -0.25) is 0 Å². The lowest BCUT2D eigenvalue weighted by Crippen LogP contribution is -2.19. The van der Waals surface area contributed by atoms with E-state index in [4.69, 9.17) is 16.3 Å². The van der Waals surface area contributed by atoms with Crippen LogP contribution in [0.4, 0.5) is 0 Å². The predicted molar refractivity (Wildman–Crippen MR) is 45.3 cm³/mol. The highest BCUT2D eigenvalue weighted by molar-refractivity contribution is 6.25. The molecule has 0 rings (SSSR count). The number of rotatable bonds is 2. The van der Waals surface area contributed by atoms with E-state index in [-0.39, 0.29) is 5.60 Å². The Hall–Kier alpha value is -0.0100. The van der Waals surface area contributed by atoms with Crippen LogP contribution in [-0.4, -0.2) is 12.2 Å². The van der Waals surface area contributed by atoms with Gasteiger partial charge in [0, 0.05) is 5.54 Å². The van der Waals surface area contributed by atoms with Crippen LogP contribution >= 0.6 is 11.6 Å². The van der Waals surface area contributed by atoms with Gasteiger partial charge in [0.2, 0.25) is 0 Å². The van der Waals surface area contributed by atoms with Gasteiger partial charge >= 0.3 is 0 Å². The molecular weight excluding hydrogens is 148 g/mol. The Morgan fingerprint density at radius 1 is 1.50 bits per heavy atom. The zero-order valence-electron chi connectivity index (χ0n) is 7.07. The minimum Gasteiger partial charge on any atom is -0.371 e. The van der Waals surface area contributed by atoms with Crippen molar-refractivity contribution in [2.75, 3.05) is 6.61 Å². The third-order valence-electron chi connectivity index (χ3n) is 0.919. The Bertz CT molecular complexity index is 122. The van der Waals surface area contributed by atoms with Crippen molar-refractivity contribution < 1.29 is 4.74 Å². The lowest BCUT2D eigenvalue weighted by Gasteiger charge is -2.19. The van der Waals surface area contributed by atoms with Crippen LogP contribution in [0.3, 0.4) is 0 Å². The molecule has 0 radical (unpaired) electrons. The molecule has 60 valence electrons. The molecule has 2 heteroatoms. The zero-order chi connectivity index (χ0) is 8.20. The smallest absolute Gasteiger partial charge is 0.0692 e. The van der Waals surface area contributed by atoms with E-state index < -0.39 is 0 Å². The van der Waals surface area contributed by atoms with E-state index in [0.717, 1.165) is 5.57 Å². The summed E-state index contributed by atoms with van der Waals surface area (Å²) in [4.78, 5) is 0. The molecule has 0 fully saturated rings. The van der Waals surface area contributed by atoms with Gasteiger partial charge in [-0.1, -0.05) is 11.6 Å². The van der Waals surface area contributed by atoms with Crippen molar-refractivity contribution >= 4 is 11.6 Å². The van der Waals surface area contributed by atoms with Gasteiger partial charge in [0.25, 0.3) is 0 Å². The normalized spacial score (nSPS) is 13.9. The second kappa shape index (κ2) is 3.99. The molecule has 0 saturated carbocycles. The van der Waals surface area contributed by atoms with Crippen LogP contribution in [0.25, 0.3) is 0 Å². The van der Waals surface area contributed by atoms with Crippen molar-refractivity contribution in [3.63, 3.8) is 0 Å². The summed E-state index contributed by atoms with van der Waals surface area (Å²) in [7, 11) is 0. The first-order chi connectivity index (χ1) is 4.45. The van der Waals surface area contributed by atoms with Crippen LogP contribution in [0, 0.1) is 0 Å². The summed E-state index contributed by atoms with van der Waals surface area (Å²) in [5.74, 6) is 0. The van der Waals surface area contributed by atoms with Crippen LogP contribution in [0.5, 0.6) is 0 Å². The van der Waals surface area contributed by atoms with E-state index in [9.17, 15) is 0 Å². The molecule has 0 aliphatic rings. The first-order valence-electron chi connectivity index (χ1n) is 3.35. The van der Waals surface area contributed by atoms with Crippen molar-refractivity contribution in [2.45, 2.75) is 33.3 Å². The molecule has 0 aromatic carbocycles. The minimum atomic E-state index is -0.0683. The standard InChI is InChI=1S/C8H15ClO/c1-7(5-9)6-10-8(2,3)4/h5H,6H2,1-4H3/b7-5-. The molecular formula is C8H15ClO. The second-order valence-electron chi connectivity index (χ2n) is 3.36. The van der Waals surface area contributed by atoms with Crippen molar-refractivity contribution in [2.24, 2.45) is 0 Å². The highest BCUT2D eigenvalue weighted by Gasteiger charge is 2.08. The van der Waals surface area contributed by atoms with Gasteiger partial charge in [0.05, 0.1) is 12.2 Å². The third-order valence-corrected chi connectivity index (χ3v) is 1.29. The topological polar surface area (TPSA) is 9.23 Å². The van der Waals surface area contributed by atoms with Gasteiger partial charge in [-0.25, -0.2) is 0 Å². The van der Waals surface area contributed by atoms with Crippen molar-refractivity contribution in [1.29, 1.82) is 0 Å². The minimum absolute atomic E-state index is 0.0683. The fourth-order valence-electron chi connectivity index (χ4n) is 0.362. The van der Waals surface area contributed by atoms with Crippen LogP contribution in [0.2, 0.25) is 0 Å². The maximum Gasteiger partial charge on any atom is 0.0692 e. The first kappa shape index (κ1) is 9.99. The summed E-state index contributed by atoms with van der Waals surface area (Å²) < 4.78 is 5.43. The molecule has 0 aromatic heterocycles. The molecule has 0 aliphatic heterocycles. The molecule has 10 heavy (non-hydrogen) atoms. The Morgan fingerprint density at radius 3 is 2.30 bits per heavy atom. The molecule has 0 bridgehead atoms. The zero-order valence-corrected chi connectivity index (χ0v) is 7.83. The van der Waals surface area contributed by atoms with Gasteiger partial charge in [-0.15, -0.1) is 0 Å². The summed E-state index contributed by atoms with van der Waals surface area (Å²) >= 11 is 5.44. The number of ether oxygens (including phenoxy) is 1. The van der Waals surface area contributed by atoms with Crippen molar-refractivity contribution in [3.05, 3.63) is 11.1 Å². The molecule has 0 saturated heterocycles. The largest absolute Gasteiger partial charge is 0.371 e. The molecule has 0 heterocycles. The summed E-state index contributed by atoms with van der Waals surface area (Å²) in [6, 6.07) is 0. The van der Waals surface area contributed by atoms with E-state index in [2.05, 4.69) is 0 Å². The van der Waals surface area contributed by atoms with E-state index in [1.54, 1.807) is 5.54 Å². The Morgan fingerprint density at radius 2 is 2.00 bits per heavy atom. The maximum atomic E-state index is 5.44. The van der Waals surface area contributed by atoms with E-state index in [0.29, 0.717) is 6.61 Å². The average molecular weight is 163 g/mol. The van der Waals surface area contributed by atoms with Crippen LogP contribution in [0.1, 0.15) is 27.7 Å². The third kappa shape index (κ3) is 6.12. The monoisotopic (exact) mass is 162 g/mol. The molecule has 0 atom stereocenters. The van der Waals surface area contributed by atoms with Gasteiger partial charge in [-0.05, 0) is 33.3 Å². The van der Waals surface area contributed by atoms with Crippen LogP contribution in [0.15, 0.2) is 11.1 Å². The molecule has 0 unspecified atom stereocenters. The Kier molecular flexibility index (Phi) is 3.99. The molecule has 0 spiro atoms. The Balaban J connectivity index is 3.56. The fourth-order valence-corrected chi connectivity index (χ4v) is 0.425. The molecule has 1 nitrogen and oxygen atoms in total. The number of hydrogen-bond acceptors (Lipinski definition) is 1. The fraction of sp³-hybridized carbons (Fsp3) is 0.750. The molecule has 0 aromatic rings. The summed E-state index contributed by atoms with van der Waals surface area (Å²) in [5, 5.41) is 0. The van der Waals surface area contributed by atoms with Crippen molar-refractivity contribution in [3.8, 4) is 0 Å².